The Kier molecular flexibility index (Phi) is 6.94. The molecule has 2 nitrogen and oxygen atoms in total. The van der Waals surface area contributed by atoms with Crippen molar-refractivity contribution in [2.75, 3.05) is 14.2 Å². The molecule has 0 atom stereocenters. The van der Waals surface area contributed by atoms with Crippen LogP contribution in [0.3, 0.4) is 0 Å². The first-order valence-corrected chi connectivity index (χ1v) is 12.3. The molecule has 0 spiro atoms. The van der Waals surface area contributed by atoms with Gasteiger partial charge in [0.05, 0.1) is 14.2 Å². The van der Waals surface area contributed by atoms with Crippen molar-refractivity contribution in [1.29, 1.82) is 0 Å². The molecule has 0 saturated heterocycles. The largest absolute Gasteiger partial charge is 0.497 e. The van der Waals surface area contributed by atoms with E-state index in [1.165, 1.54) is 62.5 Å². The van der Waals surface area contributed by atoms with Gasteiger partial charge in [0.1, 0.15) is 11.5 Å². The monoisotopic (exact) mass is 420 g/mol. The first-order valence-electron chi connectivity index (χ1n) is 12.3. The highest BCUT2D eigenvalue weighted by atomic mass is 16.5. The van der Waals surface area contributed by atoms with Gasteiger partial charge in [-0.15, -0.1) is 0 Å². The van der Waals surface area contributed by atoms with Gasteiger partial charge >= 0.3 is 0 Å². The summed E-state index contributed by atoms with van der Waals surface area (Å²) >= 11 is 0. The van der Waals surface area contributed by atoms with Crippen LogP contribution < -0.4 is 9.47 Å². The zero-order valence-electron chi connectivity index (χ0n) is 19.9. The molecule has 2 aliphatic rings. The van der Waals surface area contributed by atoms with Gasteiger partial charge in [0.15, 0.2) is 0 Å². The van der Waals surface area contributed by atoms with E-state index < -0.39 is 0 Å². The summed E-state index contributed by atoms with van der Waals surface area (Å²) in [5.74, 6) is 5.11. The highest BCUT2D eigenvalue weighted by Gasteiger charge is 2.40. The van der Waals surface area contributed by atoms with E-state index in [2.05, 4.69) is 62.4 Å². The second kappa shape index (κ2) is 9.67. The van der Waals surface area contributed by atoms with Crippen molar-refractivity contribution in [1.82, 2.24) is 0 Å². The molecule has 2 fully saturated rings. The minimum Gasteiger partial charge on any atom is -0.497 e. The van der Waals surface area contributed by atoms with Crippen molar-refractivity contribution in [3.8, 4) is 11.5 Å². The maximum atomic E-state index is 5.33. The van der Waals surface area contributed by atoms with E-state index in [9.17, 15) is 0 Å². The molecule has 168 valence electrons. The third-order valence-corrected chi connectivity index (χ3v) is 8.73. The summed E-state index contributed by atoms with van der Waals surface area (Å²) in [6, 6.07) is 17.6. The van der Waals surface area contributed by atoms with E-state index in [0.29, 0.717) is 5.41 Å². The van der Waals surface area contributed by atoms with Gasteiger partial charge in [-0.2, -0.15) is 0 Å². The molecule has 0 heterocycles. The Morgan fingerprint density at radius 1 is 0.548 bits per heavy atom. The molecule has 0 aliphatic heterocycles. The number of hydrogen-bond acceptors (Lipinski definition) is 2. The summed E-state index contributed by atoms with van der Waals surface area (Å²) in [5, 5.41) is 0. The predicted octanol–water partition coefficient (Wildman–Crippen LogP) is 7.98. The Balaban J connectivity index is 1.30. The van der Waals surface area contributed by atoms with Crippen LogP contribution in [-0.4, -0.2) is 14.2 Å². The normalized spacial score (nSPS) is 27.0. The summed E-state index contributed by atoms with van der Waals surface area (Å²) in [7, 11) is 3.49. The van der Waals surface area contributed by atoms with E-state index in [-0.39, 0.29) is 0 Å². The van der Waals surface area contributed by atoms with Crippen LogP contribution in [0.1, 0.15) is 88.2 Å². The van der Waals surface area contributed by atoms with Gasteiger partial charge in [0, 0.05) is 0 Å². The molecule has 0 aromatic heterocycles. The maximum absolute atomic E-state index is 5.33. The molecule has 2 saturated carbocycles. The van der Waals surface area contributed by atoms with Gasteiger partial charge < -0.3 is 9.47 Å². The van der Waals surface area contributed by atoms with Crippen molar-refractivity contribution in [2.45, 2.75) is 77.0 Å². The van der Waals surface area contributed by atoms with Crippen molar-refractivity contribution in [3.05, 3.63) is 59.7 Å². The SMILES string of the molecule is COc1ccc(C2CCC(C(C)(C)C3CCC(c4ccc(OC)cc4)CC3)CC2)cc1. The fraction of sp³-hybridized carbons (Fsp3) is 0.586. The first kappa shape index (κ1) is 22.2. The van der Waals surface area contributed by atoms with E-state index in [4.69, 9.17) is 9.47 Å². The fourth-order valence-corrected chi connectivity index (χ4v) is 6.43. The zero-order chi connectivity index (χ0) is 21.8. The van der Waals surface area contributed by atoms with E-state index in [0.717, 1.165) is 35.2 Å². The molecule has 0 bridgehead atoms. The molecule has 2 aromatic rings. The minimum absolute atomic E-state index is 0.454. The summed E-state index contributed by atoms with van der Waals surface area (Å²) in [5.41, 5.74) is 3.45. The molecule has 2 aromatic carbocycles. The van der Waals surface area contributed by atoms with Crippen molar-refractivity contribution >= 4 is 0 Å². The molecular formula is C29H40O2. The highest BCUT2D eigenvalue weighted by Crippen LogP contribution is 2.52. The lowest BCUT2D eigenvalue weighted by molar-refractivity contribution is 0.0513. The predicted molar refractivity (Wildman–Crippen MR) is 129 cm³/mol. The summed E-state index contributed by atoms with van der Waals surface area (Å²) in [6.07, 6.45) is 10.8. The molecule has 4 rings (SSSR count). The molecule has 0 N–H and O–H groups in total. The number of hydrogen-bond donors (Lipinski definition) is 0. The zero-order valence-corrected chi connectivity index (χ0v) is 19.9. The molecular weight excluding hydrogens is 380 g/mol. The number of ether oxygens (including phenoxy) is 2. The molecule has 2 heteroatoms. The number of methoxy groups -OCH3 is 2. The second-order valence-electron chi connectivity index (χ2n) is 10.5. The summed E-state index contributed by atoms with van der Waals surface area (Å²) < 4.78 is 10.7. The quantitative estimate of drug-likeness (QED) is 0.471. The summed E-state index contributed by atoms with van der Waals surface area (Å²) in [6.45, 7) is 5.15. The third-order valence-electron chi connectivity index (χ3n) is 8.73. The Hall–Kier alpha value is -1.96. The Labute approximate surface area is 189 Å². The van der Waals surface area contributed by atoms with Gasteiger partial charge in [0.2, 0.25) is 0 Å². The maximum Gasteiger partial charge on any atom is 0.118 e. The van der Waals surface area contributed by atoms with Crippen LogP contribution in [0.25, 0.3) is 0 Å². The first-order chi connectivity index (χ1) is 15.0. The second-order valence-corrected chi connectivity index (χ2v) is 10.5. The fourth-order valence-electron chi connectivity index (χ4n) is 6.43. The van der Waals surface area contributed by atoms with Gasteiger partial charge in [-0.3, -0.25) is 0 Å². The smallest absolute Gasteiger partial charge is 0.118 e. The van der Waals surface area contributed by atoms with Crippen molar-refractivity contribution in [2.24, 2.45) is 17.3 Å². The average Bonchev–Trinajstić information content (AvgIpc) is 2.84. The van der Waals surface area contributed by atoms with Gasteiger partial charge in [-0.05, 0) is 116 Å². The Bertz CT molecular complexity index is 735. The Morgan fingerprint density at radius 2 is 0.871 bits per heavy atom. The van der Waals surface area contributed by atoms with Crippen LogP contribution in [-0.2, 0) is 0 Å². The minimum atomic E-state index is 0.454. The van der Waals surface area contributed by atoms with Crippen LogP contribution in [0, 0.1) is 17.3 Å². The lowest BCUT2D eigenvalue weighted by atomic mass is 9.58. The van der Waals surface area contributed by atoms with E-state index in [1.807, 2.05) is 0 Å². The summed E-state index contributed by atoms with van der Waals surface area (Å²) in [4.78, 5) is 0. The van der Waals surface area contributed by atoms with Crippen molar-refractivity contribution < 1.29 is 9.47 Å². The lowest BCUT2D eigenvalue weighted by Crippen LogP contribution is -2.36. The van der Waals surface area contributed by atoms with Crippen LogP contribution in [0.4, 0.5) is 0 Å². The molecule has 0 amide bonds. The molecule has 2 aliphatic carbocycles. The van der Waals surface area contributed by atoms with Crippen LogP contribution >= 0.6 is 0 Å². The molecule has 0 radical (unpaired) electrons. The number of rotatable bonds is 6. The van der Waals surface area contributed by atoms with Crippen LogP contribution in [0.5, 0.6) is 11.5 Å². The molecule has 31 heavy (non-hydrogen) atoms. The van der Waals surface area contributed by atoms with Crippen LogP contribution in [0.2, 0.25) is 0 Å². The average molecular weight is 421 g/mol. The topological polar surface area (TPSA) is 18.5 Å². The highest BCUT2D eigenvalue weighted by molar-refractivity contribution is 5.30. The molecule has 0 unspecified atom stereocenters. The Morgan fingerprint density at radius 3 is 1.16 bits per heavy atom. The van der Waals surface area contributed by atoms with E-state index >= 15 is 0 Å². The van der Waals surface area contributed by atoms with Crippen LogP contribution in [0.15, 0.2) is 48.5 Å². The van der Waals surface area contributed by atoms with Crippen molar-refractivity contribution in [3.63, 3.8) is 0 Å². The third kappa shape index (κ3) is 4.94. The van der Waals surface area contributed by atoms with E-state index in [1.54, 1.807) is 14.2 Å². The van der Waals surface area contributed by atoms with Gasteiger partial charge in [-0.25, -0.2) is 0 Å². The lowest BCUT2D eigenvalue weighted by Gasteiger charge is -2.47. The standard InChI is InChI=1S/C29H40O2/c1-29(2,25-13-5-21(6-14-25)23-9-17-27(30-3)18-10-23)26-15-7-22(8-16-26)24-11-19-28(31-4)20-12-24/h9-12,17-22,25-26H,5-8,13-16H2,1-4H3. The van der Waals surface area contributed by atoms with Gasteiger partial charge in [0.25, 0.3) is 0 Å². The van der Waals surface area contributed by atoms with Gasteiger partial charge in [-0.1, -0.05) is 38.1 Å². The number of benzene rings is 2.